The number of fused-ring (bicyclic) bond motifs is 2. The van der Waals surface area contributed by atoms with Gasteiger partial charge in [-0.1, -0.05) is 24.3 Å². The average molecular weight is 243 g/mol. The highest BCUT2D eigenvalue weighted by molar-refractivity contribution is 5.47. The van der Waals surface area contributed by atoms with Crippen LogP contribution in [0.15, 0.2) is 42.5 Å². The molecular formula is C15H14FNO. The van der Waals surface area contributed by atoms with Gasteiger partial charge >= 0.3 is 0 Å². The third-order valence-electron chi connectivity index (χ3n) is 3.39. The highest BCUT2D eigenvalue weighted by atomic mass is 19.1. The summed E-state index contributed by atoms with van der Waals surface area (Å²) in [4.78, 5) is 0. The monoisotopic (exact) mass is 243 g/mol. The number of hydrogen-bond acceptors (Lipinski definition) is 2. The standard InChI is InChI=1S/C15H14FNO/c16-13-5-3-7-15-12(13)8-10(9-17)11-4-1-2-6-14(11)18-15/h1-7,10H,8-9,17H2/t10-/m0/s1. The second kappa shape index (κ2) is 4.42. The molecule has 0 aliphatic carbocycles. The normalized spacial score (nSPS) is 17.3. The van der Waals surface area contributed by atoms with Crippen LogP contribution in [0, 0.1) is 5.82 Å². The number of ether oxygens (including phenoxy) is 1. The summed E-state index contributed by atoms with van der Waals surface area (Å²) >= 11 is 0. The van der Waals surface area contributed by atoms with E-state index in [4.69, 9.17) is 10.5 Å². The molecule has 0 fully saturated rings. The molecule has 0 spiro atoms. The van der Waals surface area contributed by atoms with Gasteiger partial charge in [0.25, 0.3) is 0 Å². The third kappa shape index (κ3) is 1.77. The minimum absolute atomic E-state index is 0.0966. The molecule has 0 bridgehead atoms. The van der Waals surface area contributed by atoms with Crippen LogP contribution in [0.25, 0.3) is 0 Å². The van der Waals surface area contributed by atoms with E-state index in [0.717, 1.165) is 11.3 Å². The molecule has 3 heteroatoms. The molecule has 0 radical (unpaired) electrons. The van der Waals surface area contributed by atoms with Gasteiger partial charge in [-0.25, -0.2) is 4.39 Å². The quantitative estimate of drug-likeness (QED) is 0.834. The summed E-state index contributed by atoms with van der Waals surface area (Å²) in [5.74, 6) is 1.24. The molecule has 1 atom stereocenters. The smallest absolute Gasteiger partial charge is 0.133 e. The SMILES string of the molecule is NC[C@@H]1Cc2c(F)cccc2Oc2ccccc21. The van der Waals surface area contributed by atoms with Crippen LogP contribution in [-0.2, 0) is 6.42 Å². The molecule has 2 aromatic rings. The van der Waals surface area contributed by atoms with E-state index in [-0.39, 0.29) is 11.7 Å². The fraction of sp³-hybridized carbons (Fsp3) is 0.200. The fourth-order valence-corrected chi connectivity index (χ4v) is 2.43. The van der Waals surface area contributed by atoms with E-state index < -0.39 is 0 Å². The Bertz CT molecular complexity index is 582. The maximum Gasteiger partial charge on any atom is 0.133 e. The van der Waals surface area contributed by atoms with Crippen molar-refractivity contribution >= 4 is 0 Å². The van der Waals surface area contributed by atoms with Gasteiger partial charge in [0, 0.05) is 11.5 Å². The van der Waals surface area contributed by atoms with Crippen LogP contribution in [0.2, 0.25) is 0 Å². The van der Waals surface area contributed by atoms with Crippen molar-refractivity contribution in [2.45, 2.75) is 12.3 Å². The molecule has 0 saturated heterocycles. The molecule has 0 saturated carbocycles. The molecule has 1 heterocycles. The molecule has 3 rings (SSSR count). The first-order chi connectivity index (χ1) is 8.79. The molecule has 0 aromatic heterocycles. The predicted molar refractivity (Wildman–Crippen MR) is 68.4 cm³/mol. The minimum Gasteiger partial charge on any atom is -0.457 e. The molecule has 2 N–H and O–H groups in total. The lowest BCUT2D eigenvalue weighted by Crippen LogP contribution is -2.14. The summed E-state index contributed by atoms with van der Waals surface area (Å²) < 4.78 is 19.7. The van der Waals surface area contributed by atoms with Crippen molar-refractivity contribution in [1.82, 2.24) is 0 Å². The molecule has 0 unspecified atom stereocenters. The first kappa shape index (κ1) is 11.2. The Morgan fingerprint density at radius 3 is 2.72 bits per heavy atom. The Morgan fingerprint density at radius 1 is 1.11 bits per heavy atom. The zero-order valence-corrected chi connectivity index (χ0v) is 9.90. The second-order valence-electron chi connectivity index (χ2n) is 4.49. The third-order valence-corrected chi connectivity index (χ3v) is 3.39. The lowest BCUT2D eigenvalue weighted by molar-refractivity contribution is 0.472. The van der Waals surface area contributed by atoms with Gasteiger partial charge in [0.05, 0.1) is 0 Å². The molecule has 18 heavy (non-hydrogen) atoms. The first-order valence-electron chi connectivity index (χ1n) is 6.04. The van der Waals surface area contributed by atoms with Gasteiger partial charge in [0.15, 0.2) is 0 Å². The van der Waals surface area contributed by atoms with E-state index in [1.807, 2.05) is 24.3 Å². The van der Waals surface area contributed by atoms with Gasteiger partial charge in [0.1, 0.15) is 17.3 Å². The number of benzene rings is 2. The van der Waals surface area contributed by atoms with E-state index in [0.29, 0.717) is 24.3 Å². The Balaban J connectivity index is 2.16. The summed E-state index contributed by atoms with van der Waals surface area (Å²) in [5, 5.41) is 0. The number of hydrogen-bond donors (Lipinski definition) is 1. The number of nitrogens with two attached hydrogens (primary N) is 1. The van der Waals surface area contributed by atoms with Crippen molar-refractivity contribution in [3.05, 3.63) is 59.4 Å². The maximum atomic E-state index is 13.9. The van der Waals surface area contributed by atoms with Crippen molar-refractivity contribution in [3.63, 3.8) is 0 Å². The molecule has 2 aromatic carbocycles. The Hall–Kier alpha value is -1.87. The number of para-hydroxylation sites is 1. The Kier molecular flexibility index (Phi) is 2.76. The van der Waals surface area contributed by atoms with Crippen LogP contribution in [0.5, 0.6) is 11.5 Å². The Morgan fingerprint density at radius 2 is 1.89 bits per heavy atom. The highest BCUT2D eigenvalue weighted by Gasteiger charge is 2.24. The topological polar surface area (TPSA) is 35.2 Å². The van der Waals surface area contributed by atoms with Crippen molar-refractivity contribution in [3.8, 4) is 11.5 Å². The summed E-state index contributed by atoms with van der Waals surface area (Å²) in [6.45, 7) is 0.480. The molecular weight excluding hydrogens is 229 g/mol. The van der Waals surface area contributed by atoms with E-state index in [9.17, 15) is 4.39 Å². The molecule has 0 amide bonds. The first-order valence-corrected chi connectivity index (χ1v) is 6.04. The Labute approximate surface area is 105 Å². The van der Waals surface area contributed by atoms with E-state index >= 15 is 0 Å². The summed E-state index contributed by atoms with van der Waals surface area (Å²) in [6.07, 6.45) is 0.579. The second-order valence-corrected chi connectivity index (χ2v) is 4.49. The van der Waals surface area contributed by atoms with Gasteiger partial charge in [-0.15, -0.1) is 0 Å². The molecule has 2 nitrogen and oxygen atoms in total. The predicted octanol–water partition coefficient (Wildman–Crippen LogP) is 3.22. The van der Waals surface area contributed by atoms with Crippen molar-refractivity contribution in [1.29, 1.82) is 0 Å². The van der Waals surface area contributed by atoms with Crippen LogP contribution in [0.1, 0.15) is 17.0 Å². The maximum absolute atomic E-state index is 13.9. The van der Waals surface area contributed by atoms with E-state index in [2.05, 4.69) is 0 Å². The van der Waals surface area contributed by atoms with Crippen molar-refractivity contribution < 1.29 is 9.13 Å². The lowest BCUT2D eigenvalue weighted by atomic mass is 9.92. The van der Waals surface area contributed by atoms with Crippen LogP contribution in [0.3, 0.4) is 0 Å². The fourth-order valence-electron chi connectivity index (χ4n) is 2.43. The summed E-state index contributed by atoms with van der Waals surface area (Å²) in [6, 6.07) is 12.7. The number of halogens is 1. The van der Waals surface area contributed by atoms with Gasteiger partial charge in [0.2, 0.25) is 0 Å². The van der Waals surface area contributed by atoms with Crippen molar-refractivity contribution in [2.75, 3.05) is 6.54 Å². The minimum atomic E-state index is -0.223. The van der Waals surface area contributed by atoms with E-state index in [1.165, 1.54) is 6.07 Å². The highest BCUT2D eigenvalue weighted by Crippen LogP contribution is 2.39. The van der Waals surface area contributed by atoms with Crippen LogP contribution in [0.4, 0.5) is 4.39 Å². The average Bonchev–Trinajstić information content (AvgIpc) is 2.55. The van der Waals surface area contributed by atoms with Gasteiger partial charge in [-0.2, -0.15) is 0 Å². The van der Waals surface area contributed by atoms with Crippen LogP contribution >= 0.6 is 0 Å². The zero-order chi connectivity index (χ0) is 12.5. The lowest BCUT2D eigenvalue weighted by Gasteiger charge is -2.13. The van der Waals surface area contributed by atoms with Gasteiger partial charge in [-0.3, -0.25) is 0 Å². The largest absolute Gasteiger partial charge is 0.457 e. The van der Waals surface area contributed by atoms with Crippen molar-refractivity contribution in [2.24, 2.45) is 5.73 Å². The molecule has 1 aliphatic rings. The molecule has 1 aliphatic heterocycles. The van der Waals surface area contributed by atoms with Gasteiger partial charge < -0.3 is 10.5 Å². The van der Waals surface area contributed by atoms with Gasteiger partial charge in [-0.05, 0) is 36.7 Å². The zero-order valence-electron chi connectivity index (χ0n) is 9.90. The molecule has 92 valence electrons. The van der Waals surface area contributed by atoms with Crippen LogP contribution in [-0.4, -0.2) is 6.54 Å². The summed E-state index contributed by atoms with van der Waals surface area (Å²) in [5.41, 5.74) is 7.48. The number of rotatable bonds is 1. The van der Waals surface area contributed by atoms with E-state index in [1.54, 1.807) is 12.1 Å². The van der Waals surface area contributed by atoms with Crippen LogP contribution < -0.4 is 10.5 Å². The summed E-state index contributed by atoms with van der Waals surface area (Å²) in [7, 11) is 0.